The highest BCUT2D eigenvalue weighted by Gasteiger charge is 2.31. The van der Waals surface area contributed by atoms with Crippen LogP contribution in [-0.4, -0.2) is 33.5 Å². The number of halogens is 1. The maximum Gasteiger partial charge on any atom is 0.344 e. The fourth-order valence-electron chi connectivity index (χ4n) is 1.92. The number of aliphatic carboxylic acids is 1. The van der Waals surface area contributed by atoms with Crippen LogP contribution in [0.4, 0.5) is 4.39 Å². The first-order chi connectivity index (χ1) is 8.99. The zero-order chi connectivity index (χ0) is 14.0. The van der Waals surface area contributed by atoms with Gasteiger partial charge in [-0.25, -0.2) is 9.18 Å². The Hall–Kier alpha value is -2.37. The Bertz CT molecular complexity index is 550. The van der Waals surface area contributed by atoms with E-state index in [-0.39, 0.29) is 25.3 Å². The molecule has 0 unspecified atom stereocenters. The second-order valence-electron chi connectivity index (χ2n) is 4.23. The van der Waals surface area contributed by atoms with Gasteiger partial charge >= 0.3 is 5.97 Å². The summed E-state index contributed by atoms with van der Waals surface area (Å²) in [5.41, 5.74) is 0.106. The lowest BCUT2D eigenvalue weighted by Crippen LogP contribution is -2.39. The summed E-state index contributed by atoms with van der Waals surface area (Å²) in [6.07, 6.45) is 0.106. The normalized spacial score (nSPS) is 15.8. The molecular formula is C13H12FNO4. The van der Waals surface area contributed by atoms with Crippen molar-refractivity contribution >= 4 is 11.9 Å². The van der Waals surface area contributed by atoms with Gasteiger partial charge < -0.3 is 15.1 Å². The number of hydrogen-bond donors (Lipinski definition) is 2. The van der Waals surface area contributed by atoms with Gasteiger partial charge in [-0.05, 0) is 17.7 Å². The van der Waals surface area contributed by atoms with Crippen molar-refractivity contribution in [2.24, 2.45) is 0 Å². The molecule has 1 aromatic carbocycles. The van der Waals surface area contributed by atoms with Crippen molar-refractivity contribution in [2.45, 2.75) is 13.0 Å². The SMILES string of the molecule is O=C(O)C1=C(O)CCN(Cc2ccc(F)cc2)C1=O. The van der Waals surface area contributed by atoms with Gasteiger partial charge in [0.15, 0.2) is 5.57 Å². The van der Waals surface area contributed by atoms with Gasteiger partial charge in [0.1, 0.15) is 11.6 Å². The average Bonchev–Trinajstić information content (AvgIpc) is 2.35. The lowest BCUT2D eigenvalue weighted by molar-refractivity contribution is -0.139. The molecule has 1 aliphatic heterocycles. The van der Waals surface area contributed by atoms with Crippen molar-refractivity contribution in [3.63, 3.8) is 0 Å². The van der Waals surface area contributed by atoms with E-state index in [4.69, 9.17) is 5.11 Å². The van der Waals surface area contributed by atoms with Crippen LogP contribution >= 0.6 is 0 Å². The van der Waals surface area contributed by atoms with E-state index in [2.05, 4.69) is 0 Å². The molecule has 1 aromatic rings. The standard InChI is InChI=1S/C13H12FNO4/c14-9-3-1-8(2-4-9)7-15-6-5-10(16)11(12(15)17)13(18)19/h1-4,16H,5-7H2,(H,18,19). The molecule has 0 bridgehead atoms. The summed E-state index contributed by atoms with van der Waals surface area (Å²) in [7, 11) is 0. The molecule has 0 spiro atoms. The Morgan fingerprint density at radius 3 is 2.53 bits per heavy atom. The Kier molecular flexibility index (Phi) is 3.50. The maximum absolute atomic E-state index is 12.8. The molecule has 0 aliphatic carbocycles. The van der Waals surface area contributed by atoms with E-state index in [0.29, 0.717) is 5.56 Å². The predicted molar refractivity (Wildman–Crippen MR) is 63.7 cm³/mol. The van der Waals surface area contributed by atoms with Crippen LogP contribution in [0.1, 0.15) is 12.0 Å². The molecule has 2 N–H and O–H groups in total. The van der Waals surface area contributed by atoms with Gasteiger partial charge in [-0.2, -0.15) is 0 Å². The molecule has 1 aliphatic rings. The first-order valence-corrected chi connectivity index (χ1v) is 5.68. The highest BCUT2D eigenvalue weighted by Crippen LogP contribution is 2.19. The Labute approximate surface area is 108 Å². The summed E-state index contributed by atoms with van der Waals surface area (Å²) in [5, 5.41) is 18.3. The Morgan fingerprint density at radius 1 is 1.32 bits per heavy atom. The number of carbonyl (C=O) groups excluding carboxylic acids is 1. The molecule has 0 atom stereocenters. The third-order valence-corrected chi connectivity index (χ3v) is 2.91. The molecule has 100 valence electrons. The Balaban J connectivity index is 2.17. The van der Waals surface area contributed by atoms with Crippen molar-refractivity contribution in [3.05, 3.63) is 47.0 Å². The molecule has 0 saturated heterocycles. The van der Waals surface area contributed by atoms with Crippen LogP contribution in [-0.2, 0) is 16.1 Å². The van der Waals surface area contributed by atoms with E-state index in [1.807, 2.05) is 0 Å². The largest absolute Gasteiger partial charge is 0.511 e. The second-order valence-corrected chi connectivity index (χ2v) is 4.23. The smallest absolute Gasteiger partial charge is 0.344 e. The summed E-state index contributed by atoms with van der Waals surface area (Å²) in [6.45, 7) is 0.419. The van der Waals surface area contributed by atoms with Gasteiger partial charge in [-0.3, -0.25) is 4.79 Å². The lowest BCUT2D eigenvalue weighted by Gasteiger charge is -2.27. The monoisotopic (exact) mass is 265 g/mol. The first kappa shape index (κ1) is 13.1. The number of rotatable bonds is 3. The van der Waals surface area contributed by atoms with E-state index in [0.717, 1.165) is 0 Å². The summed E-state index contributed by atoms with van der Waals surface area (Å²) in [6, 6.07) is 5.60. The molecule has 1 heterocycles. The van der Waals surface area contributed by atoms with Crippen molar-refractivity contribution in [1.82, 2.24) is 4.90 Å². The molecule has 6 heteroatoms. The number of carbonyl (C=O) groups is 2. The number of hydrogen-bond acceptors (Lipinski definition) is 3. The number of amides is 1. The van der Waals surface area contributed by atoms with Crippen LogP contribution in [0.3, 0.4) is 0 Å². The third kappa shape index (κ3) is 2.73. The lowest BCUT2D eigenvalue weighted by atomic mass is 10.1. The quantitative estimate of drug-likeness (QED) is 0.811. The van der Waals surface area contributed by atoms with Crippen molar-refractivity contribution in [1.29, 1.82) is 0 Å². The van der Waals surface area contributed by atoms with Gasteiger partial charge in [0.05, 0.1) is 0 Å². The van der Waals surface area contributed by atoms with Gasteiger partial charge in [-0.1, -0.05) is 12.1 Å². The van der Waals surface area contributed by atoms with Gasteiger partial charge in [0.25, 0.3) is 5.91 Å². The minimum absolute atomic E-state index is 0.106. The van der Waals surface area contributed by atoms with Gasteiger partial charge in [0, 0.05) is 19.5 Å². The van der Waals surface area contributed by atoms with Crippen molar-refractivity contribution in [2.75, 3.05) is 6.54 Å². The second kappa shape index (κ2) is 5.09. The Morgan fingerprint density at radius 2 is 1.95 bits per heavy atom. The summed E-state index contributed by atoms with van der Waals surface area (Å²) >= 11 is 0. The van der Waals surface area contributed by atoms with Crippen LogP contribution in [0.25, 0.3) is 0 Å². The molecule has 19 heavy (non-hydrogen) atoms. The summed E-state index contributed by atoms with van der Waals surface area (Å²) in [5.74, 6) is -2.93. The molecule has 1 amide bonds. The van der Waals surface area contributed by atoms with E-state index in [1.165, 1.54) is 29.2 Å². The number of carboxylic acid groups (broad SMARTS) is 1. The molecule has 0 saturated carbocycles. The summed E-state index contributed by atoms with van der Waals surface area (Å²) < 4.78 is 12.8. The highest BCUT2D eigenvalue weighted by atomic mass is 19.1. The zero-order valence-electron chi connectivity index (χ0n) is 9.97. The number of nitrogens with zero attached hydrogens (tertiary/aromatic N) is 1. The topological polar surface area (TPSA) is 77.8 Å². The average molecular weight is 265 g/mol. The van der Waals surface area contributed by atoms with Crippen LogP contribution < -0.4 is 0 Å². The van der Waals surface area contributed by atoms with E-state index < -0.39 is 23.2 Å². The fourth-order valence-corrected chi connectivity index (χ4v) is 1.92. The number of benzene rings is 1. The number of aliphatic hydroxyl groups is 1. The van der Waals surface area contributed by atoms with Crippen LogP contribution in [0, 0.1) is 5.82 Å². The van der Waals surface area contributed by atoms with Crippen LogP contribution in [0.15, 0.2) is 35.6 Å². The first-order valence-electron chi connectivity index (χ1n) is 5.68. The van der Waals surface area contributed by atoms with Gasteiger partial charge in [-0.15, -0.1) is 0 Å². The number of carboxylic acids is 1. The van der Waals surface area contributed by atoms with Crippen molar-refractivity contribution < 1.29 is 24.2 Å². The predicted octanol–water partition coefficient (Wildman–Crippen LogP) is 1.45. The fraction of sp³-hybridized carbons (Fsp3) is 0.231. The summed E-state index contributed by atoms with van der Waals surface area (Å²) in [4.78, 5) is 24.1. The molecule has 0 aromatic heterocycles. The molecule has 0 radical (unpaired) electrons. The maximum atomic E-state index is 12.8. The van der Waals surface area contributed by atoms with E-state index in [1.54, 1.807) is 0 Å². The van der Waals surface area contributed by atoms with Crippen molar-refractivity contribution in [3.8, 4) is 0 Å². The third-order valence-electron chi connectivity index (χ3n) is 2.91. The minimum atomic E-state index is -1.44. The molecule has 0 fully saturated rings. The minimum Gasteiger partial charge on any atom is -0.511 e. The van der Waals surface area contributed by atoms with Crippen LogP contribution in [0.5, 0.6) is 0 Å². The number of aliphatic hydroxyl groups excluding tert-OH is 1. The molecule has 5 nitrogen and oxygen atoms in total. The van der Waals surface area contributed by atoms with E-state index >= 15 is 0 Å². The molecule has 2 rings (SSSR count). The van der Waals surface area contributed by atoms with E-state index in [9.17, 15) is 19.1 Å². The van der Waals surface area contributed by atoms with Crippen LogP contribution in [0.2, 0.25) is 0 Å². The van der Waals surface area contributed by atoms with Gasteiger partial charge in [0.2, 0.25) is 0 Å². The zero-order valence-corrected chi connectivity index (χ0v) is 9.97. The highest BCUT2D eigenvalue weighted by molar-refractivity contribution is 6.16. The molecular weight excluding hydrogens is 253 g/mol.